The summed E-state index contributed by atoms with van der Waals surface area (Å²) in [6, 6.07) is 1.74. The van der Waals surface area contributed by atoms with Gasteiger partial charge in [0.1, 0.15) is 23.6 Å². The van der Waals surface area contributed by atoms with Crippen LogP contribution in [-0.2, 0) is 10.0 Å². The van der Waals surface area contributed by atoms with E-state index in [1.54, 1.807) is 20.9 Å². The van der Waals surface area contributed by atoms with Crippen LogP contribution in [0.25, 0.3) is 11.0 Å². The number of sulfonamides is 1. The molecule has 13 heteroatoms. The molecule has 0 saturated carbocycles. The molecular weight excluding hydrogens is 468 g/mol. The molecule has 0 fully saturated rings. The number of fused-ring (bicyclic) bond motifs is 1. The summed E-state index contributed by atoms with van der Waals surface area (Å²) in [4.78, 5) is 28.3. The number of aromatic amines is 1. The molecular formula is C21H23F2N7O3S. The minimum Gasteiger partial charge on any atom is -0.403 e. The number of hydrogen-bond donors (Lipinski definition) is 4. The van der Waals surface area contributed by atoms with Gasteiger partial charge in [-0.1, -0.05) is 6.92 Å². The zero-order valence-electron chi connectivity index (χ0n) is 18.6. The number of carbonyl (C=O) groups excluding carboxylic acids is 1. The number of nitrogens with zero attached hydrogens (tertiary/aromatic N) is 3. The summed E-state index contributed by atoms with van der Waals surface area (Å²) >= 11 is 0. The molecule has 5 N–H and O–H groups in total. The van der Waals surface area contributed by atoms with Crippen molar-refractivity contribution in [3.8, 4) is 0 Å². The predicted molar refractivity (Wildman–Crippen MR) is 126 cm³/mol. The predicted octanol–water partition coefficient (Wildman–Crippen LogP) is 2.92. The van der Waals surface area contributed by atoms with E-state index in [4.69, 9.17) is 5.73 Å². The molecule has 0 amide bonds. The summed E-state index contributed by atoms with van der Waals surface area (Å²) in [5.41, 5.74) is 5.23. The van der Waals surface area contributed by atoms with Crippen LogP contribution < -0.4 is 15.8 Å². The molecule has 10 nitrogen and oxygen atoms in total. The molecule has 0 unspecified atom stereocenters. The highest BCUT2D eigenvalue weighted by atomic mass is 32.2. The van der Waals surface area contributed by atoms with Crippen LogP contribution in [0.15, 0.2) is 41.5 Å². The molecule has 3 rings (SSSR count). The monoisotopic (exact) mass is 491 g/mol. The zero-order valence-corrected chi connectivity index (χ0v) is 19.4. The second-order valence-corrected chi connectivity index (χ2v) is 9.04. The Kier molecular flexibility index (Phi) is 7.25. The Morgan fingerprint density at radius 2 is 2.03 bits per heavy atom. The first kappa shape index (κ1) is 24.8. The van der Waals surface area contributed by atoms with E-state index in [1.165, 1.54) is 18.7 Å². The van der Waals surface area contributed by atoms with Gasteiger partial charge in [0.2, 0.25) is 15.8 Å². The Labute approximate surface area is 194 Å². The molecule has 1 aromatic carbocycles. The topological polar surface area (TPSA) is 155 Å². The number of rotatable bonds is 9. The van der Waals surface area contributed by atoms with Crippen LogP contribution in [0.5, 0.6) is 0 Å². The lowest BCUT2D eigenvalue weighted by Gasteiger charge is -2.12. The van der Waals surface area contributed by atoms with Crippen LogP contribution in [-0.4, -0.2) is 47.7 Å². The van der Waals surface area contributed by atoms with Crippen molar-refractivity contribution in [1.29, 1.82) is 0 Å². The lowest BCUT2D eigenvalue weighted by molar-refractivity contribution is 0.103. The average molecular weight is 492 g/mol. The van der Waals surface area contributed by atoms with Gasteiger partial charge in [-0.2, -0.15) is 0 Å². The molecule has 2 heterocycles. The number of allylic oxidation sites excluding steroid dienone is 1. The van der Waals surface area contributed by atoms with E-state index < -0.39 is 38.7 Å². The van der Waals surface area contributed by atoms with E-state index in [1.807, 2.05) is 0 Å². The summed E-state index contributed by atoms with van der Waals surface area (Å²) in [6.45, 7) is 3.34. The van der Waals surface area contributed by atoms with E-state index in [0.717, 1.165) is 12.1 Å². The van der Waals surface area contributed by atoms with Gasteiger partial charge >= 0.3 is 0 Å². The van der Waals surface area contributed by atoms with Gasteiger partial charge in [0.25, 0.3) is 0 Å². The van der Waals surface area contributed by atoms with E-state index in [-0.39, 0.29) is 34.6 Å². The highest BCUT2D eigenvalue weighted by Gasteiger charge is 2.27. The number of hydrogen-bond acceptors (Lipinski definition) is 8. The molecule has 0 aliphatic rings. The summed E-state index contributed by atoms with van der Waals surface area (Å²) in [7, 11) is -2.31. The zero-order chi connectivity index (χ0) is 25.0. The van der Waals surface area contributed by atoms with Crippen molar-refractivity contribution in [3.63, 3.8) is 0 Å². The third-order valence-corrected chi connectivity index (χ3v) is 6.39. The molecule has 0 bridgehead atoms. The molecule has 0 spiro atoms. The van der Waals surface area contributed by atoms with E-state index >= 15 is 4.39 Å². The van der Waals surface area contributed by atoms with Gasteiger partial charge in [-0.15, -0.1) is 0 Å². The second kappa shape index (κ2) is 9.95. The van der Waals surface area contributed by atoms with Gasteiger partial charge in [0.15, 0.2) is 5.82 Å². The van der Waals surface area contributed by atoms with Gasteiger partial charge in [0, 0.05) is 19.4 Å². The van der Waals surface area contributed by atoms with E-state index in [2.05, 4.69) is 30.0 Å². The van der Waals surface area contributed by atoms with Crippen molar-refractivity contribution >= 4 is 44.1 Å². The van der Waals surface area contributed by atoms with Gasteiger partial charge in [0.05, 0.1) is 39.4 Å². The third kappa shape index (κ3) is 4.88. The Morgan fingerprint density at radius 1 is 1.29 bits per heavy atom. The van der Waals surface area contributed by atoms with Crippen molar-refractivity contribution in [2.24, 2.45) is 10.7 Å². The van der Waals surface area contributed by atoms with Crippen molar-refractivity contribution < 1.29 is 22.0 Å². The second-order valence-electron chi connectivity index (χ2n) is 7.20. The molecule has 0 atom stereocenters. The lowest BCUT2D eigenvalue weighted by Crippen LogP contribution is -2.18. The van der Waals surface area contributed by atoms with Crippen LogP contribution in [0.4, 0.5) is 20.3 Å². The minimum atomic E-state index is -3.87. The fourth-order valence-electron chi connectivity index (χ4n) is 3.20. The van der Waals surface area contributed by atoms with Crippen molar-refractivity contribution in [1.82, 2.24) is 15.0 Å². The fraction of sp³-hybridized carbons (Fsp3) is 0.238. The number of benzene rings is 1. The number of aliphatic imine (C=N–C) groups is 1. The SMILES string of the molecule is CCCS(=O)(=O)Nc1ccc(F)c(C(=O)c2c[nH]c3ncnc(NC(=C/N)/C(C)=N\C)c23)c1F. The fourth-order valence-corrected chi connectivity index (χ4v) is 4.33. The van der Waals surface area contributed by atoms with Crippen molar-refractivity contribution in [2.75, 3.05) is 22.8 Å². The molecule has 34 heavy (non-hydrogen) atoms. The van der Waals surface area contributed by atoms with Gasteiger partial charge in [-0.05, 0) is 25.5 Å². The Balaban J connectivity index is 2.12. The highest BCUT2D eigenvalue weighted by Crippen LogP contribution is 2.30. The van der Waals surface area contributed by atoms with Crippen molar-refractivity contribution in [3.05, 3.63) is 59.3 Å². The number of nitrogens with one attached hydrogen (secondary N) is 3. The third-order valence-electron chi connectivity index (χ3n) is 4.92. The molecule has 2 aromatic heterocycles. The van der Waals surface area contributed by atoms with E-state index in [9.17, 15) is 17.6 Å². The van der Waals surface area contributed by atoms with Crippen LogP contribution in [0.3, 0.4) is 0 Å². The van der Waals surface area contributed by atoms with Crippen LogP contribution >= 0.6 is 0 Å². The van der Waals surface area contributed by atoms with Gasteiger partial charge in [-0.3, -0.25) is 14.5 Å². The maximum atomic E-state index is 15.2. The number of ketones is 1. The summed E-state index contributed by atoms with van der Waals surface area (Å²) < 4.78 is 56.0. The summed E-state index contributed by atoms with van der Waals surface area (Å²) in [5, 5.41) is 3.10. The summed E-state index contributed by atoms with van der Waals surface area (Å²) in [5.74, 6) is -3.64. The number of aromatic nitrogens is 3. The van der Waals surface area contributed by atoms with Crippen LogP contribution in [0.1, 0.15) is 36.2 Å². The first-order valence-corrected chi connectivity index (χ1v) is 11.8. The molecule has 0 radical (unpaired) electrons. The molecule has 0 aliphatic heterocycles. The Bertz CT molecular complexity index is 1420. The molecule has 180 valence electrons. The molecule has 0 aliphatic carbocycles. The van der Waals surface area contributed by atoms with Crippen LogP contribution in [0.2, 0.25) is 0 Å². The summed E-state index contributed by atoms with van der Waals surface area (Å²) in [6.07, 6.45) is 4.02. The first-order valence-electron chi connectivity index (χ1n) is 10.1. The standard InChI is InChI=1S/C21H23F2N7O3S/c1-4-7-34(32,33)30-14-6-5-13(22)17(18(14)23)19(31)12-9-26-20-16(12)21(28-10-27-20)29-15(8-24)11(2)25-3/h5-6,8-10,30H,4,7,24H2,1-3H3,(H2,26,27,28,29)/b15-8+,25-11-. The molecule has 3 aromatic rings. The Hall–Kier alpha value is -3.87. The molecule has 0 saturated heterocycles. The maximum Gasteiger partial charge on any atom is 0.232 e. The number of carbonyl (C=O) groups is 1. The smallest absolute Gasteiger partial charge is 0.232 e. The van der Waals surface area contributed by atoms with Crippen LogP contribution in [0, 0.1) is 11.6 Å². The number of H-pyrrole nitrogens is 1. The normalized spacial score (nSPS) is 12.7. The number of nitrogens with two attached hydrogens (primary N) is 1. The van der Waals surface area contributed by atoms with Gasteiger partial charge < -0.3 is 16.0 Å². The first-order chi connectivity index (χ1) is 16.1. The Morgan fingerprint density at radius 3 is 2.68 bits per heavy atom. The maximum absolute atomic E-state index is 15.2. The number of anilines is 2. The van der Waals surface area contributed by atoms with Gasteiger partial charge in [-0.25, -0.2) is 27.2 Å². The quantitative estimate of drug-likeness (QED) is 0.265. The minimum absolute atomic E-state index is 0.132. The largest absolute Gasteiger partial charge is 0.403 e. The average Bonchev–Trinajstić information content (AvgIpc) is 3.24. The highest BCUT2D eigenvalue weighted by molar-refractivity contribution is 7.92. The van der Waals surface area contributed by atoms with Crippen molar-refractivity contribution in [2.45, 2.75) is 20.3 Å². The number of halogens is 2. The lowest BCUT2D eigenvalue weighted by atomic mass is 10.0. The van der Waals surface area contributed by atoms with E-state index in [0.29, 0.717) is 11.4 Å².